The Hall–Kier alpha value is -1.75. The van der Waals surface area contributed by atoms with Crippen molar-refractivity contribution in [2.45, 2.75) is 17.6 Å². The molecule has 0 bridgehead atoms. The molecule has 0 spiro atoms. The van der Waals surface area contributed by atoms with Gasteiger partial charge in [0.25, 0.3) is 0 Å². The van der Waals surface area contributed by atoms with E-state index in [4.69, 9.17) is 0 Å². The van der Waals surface area contributed by atoms with Gasteiger partial charge in [0.15, 0.2) is 0 Å². The molecule has 2 aromatic rings. The van der Waals surface area contributed by atoms with E-state index in [-0.39, 0.29) is 0 Å². The third-order valence-corrected chi connectivity index (χ3v) is 3.40. The fourth-order valence-corrected chi connectivity index (χ4v) is 2.28. The topological polar surface area (TPSA) is 58.0 Å². The summed E-state index contributed by atoms with van der Waals surface area (Å²) in [5.41, 5.74) is 0.893. The molecule has 2 rings (SSSR count). The van der Waals surface area contributed by atoms with Gasteiger partial charge in [-0.05, 0) is 19.1 Å². The van der Waals surface area contributed by atoms with E-state index in [1.807, 2.05) is 25.1 Å². The number of hydrogen-bond acceptors (Lipinski definition) is 5. The molecule has 0 aliphatic carbocycles. The van der Waals surface area contributed by atoms with Crippen molar-refractivity contribution in [3.63, 3.8) is 0 Å². The molecule has 5 heteroatoms. The number of thioether (sulfide) groups is 1. The fraction of sp³-hybridized carbons (Fsp3) is 0.231. The van der Waals surface area contributed by atoms with Crippen molar-refractivity contribution in [2.24, 2.45) is 0 Å². The number of phenols is 1. The van der Waals surface area contributed by atoms with Crippen molar-refractivity contribution in [1.29, 1.82) is 0 Å². The van der Waals surface area contributed by atoms with Crippen LogP contribution in [0.5, 0.6) is 5.75 Å². The number of phenolic OH excluding ortho intramolecular Hbond substituents is 1. The predicted molar refractivity (Wildman–Crippen MR) is 73.9 cm³/mol. The molecule has 0 aliphatic rings. The van der Waals surface area contributed by atoms with Crippen molar-refractivity contribution < 1.29 is 5.11 Å². The summed E-state index contributed by atoms with van der Waals surface area (Å²) in [7, 11) is 0. The maximum absolute atomic E-state index is 9.64. The van der Waals surface area contributed by atoms with E-state index in [9.17, 15) is 5.11 Å². The molecule has 1 aromatic heterocycles. The number of hydrogen-bond donors (Lipinski definition) is 2. The van der Waals surface area contributed by atoms with Crippen LogP contribution in [0.15, 0.2) is 41.6 Å². The Balaban J connectivity index is 1.96. The van der Waals surface area contributed by atoms with Gasteiger partial charge in [0.05, 0.1) is 18.1 Å². The zero-order chi connectivity index (χ0) is 12.8. The van der Waals surface area contributed by atoms with Gasteiger partial charge in [0.1, 0.15) is 11.6 Å². The maximum Gasteiger partial charge on any atom is 0.144 e. The predicted octanol–water partition coefficient (Wildman–Crippen LogP) is 2.91. The minimum atomic E-state index is 0.305. The molecular formula is C13H15N3OS. The second-order valence-electron chi connectivity index (χ2n) is 3.68. The second kappa shape index (κ2) is 6.26. The molecule has 0 atom stereocenters. The molecule has 0 saturated heterocycles. The number of rotatable bonds is 5. The number of aromatic hydroxyl groups is 1. The molecule has 2 N–H and O–H groups in total. The van der Waals surface area contributed by atoms with Gasteiger partial charge in [-0.2, -0.15) is 0 Å². The minimum absolute atomic E-state index is 0.305. The molecule has 0 fully saturated rings. The van der Waals surface area contributed by atoms with Crippen LogP contribution in [-0.2, 0) is 5.75 Å². The zero-order valence-corrected chi connectivity index (χ0v) is 10.9. The van der Waals surface area contributed by atoms with Gasteiger partial charge in [-0.25, -0.2) is 4.98 Å². The minimum Gasteiger partial charge on any atom is -0.507 e. The first-order valence-electron chi connectivity index (χ1n) is 5.75. The Morgan fingerprint density at radius 1 is 1.22 bits per heavy atom. The fourth-order valence-electron chi connectivity index (χ4n) is 1.43. The number of aromatic nitrogens is 2. The van der Waals surface area contributed by atoms with Crippen LogP contribution >= 0.6 is 11.8 Å². The average molecular weight is 261 g/mol. The van der Waals surface area contributed by atoms with E-state index >= 15 is 0 Å². The van der Waals surface area contributed by atoms with Crippen molar-refractivity contribution in [3.8, 4) is 5.75 Å². The summed E-state index contributed by atoms with van der Waals surface area (Å²) in [6.45, 7) is 2.85. The van der Waals surface area contributed by atoms with Crippen LogP contribution in [0.2, 0.25) is 0 Å². The largest absolute Gasteiger partial charge is 0.507 e. The summed E-state index contributed by atoms with van der Waals surface area (Å²) in [5.74, 6) is 1.78. The number of benzene rings is 1. The molecule has 18 heavy (non-hydrogen) atoms. The number of nitrogens with zero attached hydrogens (tertiary/aromatic N) is 2. The van der Waals surface area contributed by atoms with E-state index in [2.05, 4.69) is 15.3 Å². The smallest absolute Gasteiger partial charge is 0.144 e. The molecule has 0 radical (unpaired) electrons. The highest BCUT2D eigenvalue weighted by atomic mass is 32.2. The molecule has 0 amide bonds. The monoisotopic (exact) mass is 261 g/mol. The van der Waals surface area contributed by atoms with Gasteiger partial charge in [0, 0.05) is 17.2 Å². The van der Waals surface area contributed by atoms with Crippen LogP contribution in [0.25, 0.3) is 0 Å². The van der Waals surface area contributed by atoms with Crippen molar-refractivity contribution in [2.75, 3.05) is 11.9 Å². The van der Waals surface area contributed by atoms with Crippen LogP contribution in [-0.4, -0.2) is 21.6 Å². The van der Waals surface area contributed by atoms with E-state index in [0.29, 0.717) is 11.5 Å². The van der Waals surface area contributed by atoms with Gasteiger partial charge in [-0.1, -0.05) is 12.1 Å². The van der Waals surface area contributed by atoms with Crippen molar-refractivity contribution in [1.82, 2.24) is 9.97 Å². The van der Waals surface area contributed by atoms with Crippen molar-refractivity contribution in [3.05, 3.63) is 42.4 Å². The lowest BCUT2D eigenvalue weighted by Gasteiger charge is -2.05. The highest BCUT2D eigenvalue weighted by molar-refractivity contribution is 7.98. The normalized spacial score (nSPS) is 10.3. The van der Waals surface area contributed by atoms with Crippen LogP contribution in [0.1, 0.15) is 12.6 Å². The third kappa shape index (κ3) is 3.37. The summed E-state index contributed by atoms with van der Waals surface area (Å²) in [5, 5.41) is 12.7. The van der Waals surface area contributed by atoms with Gasteiger partial charge < -0.3 is 10.4 Å². The van der Waals surface area contributed by atoms with Gasteiger partial charge in [-0.15, -0.1) is 11.8 Å². The quantitative estimate of drug-likeness (QED) is 0.810. The number of para-hydroxylation sites is 1. The molecule has 4 nitrogen and oxygen atoms in total. The first-order chi connectivity index (χ1) is 8.79. The van der Waals surface area contributed by atoms with Crippen LogP contribution in [0, 0.1) is 0 Å². The Labute approximate surface area is 110 Å². The lowest BCUT2D eigenvalue weighted by Crippen LogP contribution is -2.00. The van der Waals surface area contributed by atoms with E-state index in [1.165, 1.54) is 0 Å². The summed E-state index contributed by atoms with van der Waals surface area (Å²) < 4.78 is 0. The highest BCUT2D eigenvalue weighted by Crippen LogP contribution is 2.29. The molecular weight excluding hydrogens is 246 g/mol. The molecule has 1 heterocycles. The van der Waals surface area contributed by atoms with Crippen LogP contribution in [0.3, 0.4) is 0 Å². The first-order valence-corrected chi connectivity index (χ1v) is 6.73. The van der Waals surface area contributed by atoms with Crippen LogP contribution < -0.4 is 5.32 Å². The zero-order valence-electron chi connectivity index (χ0n) is 10.1. The van der Waals surface area contributed by atoms with E-state index in [1.54, 1.807) is 30.2 Å². The molecule has 0 unspecified atom stereocenters. The summed E-state index contributed by atoms with van der Waals surface area (Å²) >= 11 is 1.55. The first kappa shape index (κ1) is 12.7. The summed E-state index contributed by atoms with van der Waals surface area (Å²) in [4.78, 5) is 9.42. The van der Waals surface area contributed by atoms with Gasteiger partial charge >= 0.3 is 0 Å². The Kier molecular flexibility index (Phi) is 4.41. The Bertz CT molecular complexity index is 502. The highest BCUT2D eigenvalue weighted by Gasteiger charge is 2.02. The average Bonchev–Trinajstić information content (AvgIpc) is 2.40. The summed E-state index contributed by atoms with van der Waals surface area (Å²) in [6.07, 6.45) is 3.48. The maximum atomic E-state index is 9.64. The molecule has 1 aromatic carbocycles. The third-order valence-electron chi connectivity index (χ3n) is 2.30. The van der Waals surface area contributed by atoms with Gasteiger partial charge in [0.2, 0.25) is 0 Å². The lowest BCUT2D eigenvalue weighted by molar-refractivity contribution is 0.462. The summed E-state index contributed by atoms with van der Waals surface area (Å²) in [6, 6.07) is 7.29. The van der Waals surface area contributed by atoms with Gasteiger partial charge in [-0.3, -0.25) is 4.98 Å². The standard InChI is InChI=1S/C13H15N3OS/c1-2-14-13-8-15-10(7-16-13)9-18-12-6-4-3-5-11(12)17/h3-8,17H,2,9H2,1H3,(H,14,16). The van der Waals surface area contributed by atoms with Crippen molar-refractivity contribution >= 4 is 17.6 Å². The Morgan fingerprint density at radius 2 is 2.06 bits per heavy atom. The van der Waals surface area contributed by atoms with E-state index in [0.717, 1.165) is 23.0 Å². The Morgan fingerprint density at radius 3 is 2.72 bits per heavy atom. The molecule has 0 saturated carbocycles. The second-order valence-corrected chi connectivity index (χ2v) is 4.70. The number of nitrogens with one attached hydrogen (secondary N) is 1. The number of anilines is 1. The SMILES string of the molecule is CCNc1cnc(CSc2ccccc2O)cn1. The molecule has 94 valence electrons. The lowest BCUT2D eigenvalue weighted by atomic mass is 10.3. The molecule has 0 aliphatic heterocycles. The van der Waals surface area contributed by atoms with E-state index < -0.39 is 0 Å². The van der Waals surface area contributed by atoms with Crippen LogP contribution in [0.4, 0.5) is 5.82 Å².